The van der Waals surface area contributed by atoms with E-state index in [1.165, 1.54) is 0 Å². The molecule has 21 heavy (non-hydrogen) atoms. The summed E-state index contributed by atoms with van der Waals surface area (Å²) < 4.78 is 0. The maximum Gasteiger partial charge on any atom is 3.00 e. The van der Waals surface area contributed by atoms with Gasteiger partial charge in [0.25, 0.3) is 0 Å². The Morgan fingerprint density at radius 1 is 0.714 bits per heavy atom. The van der Waals surface area contributed by atoms with Crippen molar-refractivity contribution >= 4 is 23.9 Å². The molecule has 0 atom stereocenters. The number of rotatable bonds is 11. The third-order valence-corrected chi connectivity index (χ3v) is 2.15. The molecule has 0 aromatic carbocycles. The fraction of sp³-hybridized carbons (Fsp3) is 0.600. The standard InChI is InChI=1S/C10H16N2O8.Ni/c13-7(14)3-11(4-8(15)16)1-2-12(5-9(17)18)6-10(19)20;/h1-6H2,(H,13,14)(H,15,16)(H,17,18)(H,19,20);/q;+3/p-3. The Balaban J connectivity index is 0. The van der Waals surface area contributed by atoms with E-state index in [0.29, 0.717) is 0 Å². The molecule has 0 aliphatic carbocycles. The molecular weight excluding hydrogens is 335 g/mol. The van der Waals surface area contributed by atoms with Gasteiger partial charge in [0.15, 0.2) is 0 Å². The molecule has 0 rings (SSSR count). The summed E-state index contributed by atoms with van der Waals surface area (Å²) in [6.07, 6.45) is 0. The Kier molecular flexibility index (Phi) is 11.3. The van der Waals surface area contributed by atoms with Crippen LogP contribution in [0.2, 0.25) is 0 Å². The van der Waals surface area contributed by atoms with Gasteiger partial charge in [0.2, 0.25) is 0 Å². The fourth-order valence-electron chi connectivity index (χ4n) is 1.45. The summed E-state index contributed by atoms with van der Waals surface area (Å²) in [5.41, 5.74) is 0. The van der Waals surface area contributed by atoms with E-state index in [1.54, 1.807) is 0 Å². The zero-order valence-electron chi connectivity index (χ0n) is 10.8. The molecule has 1 radical (unpaired) electrons. The quantitative estimate of drug-likeness (QED) is 0.355. The predicted molar refractivity (Wildman–Crippen MR) is 55.5 cm³/mol. The van der Waals surface area contributed by atoms with Gasteiger partial charge in [-0.25, -0.2) is 0 Å². The van der Waals surface area contributed by atoms with Crippen LogP contribution < -0.4 is 15.3 Å². The maximum atomic E-state index is 10.5. The summed E-state index contributed by atoms with van der Waals surface area (Å²) in [5, 5.41) is 39.8. The molecule has 0 aliphatic heterocycles. The first kappa shape index (κ1) is 21.6. The first-order chi connectivity index (χ1) is 9.20. The predicted octanol–water partition coefficient (Wildman–Crippen LogP) is -6.08. The topological polar surface area (TPSA) is 164 Å². The van der Waals surface area contributed by atoms with Crippen molar-refractivity contribution in [2.24, 2.45) is 0 Å². The molecule has 121 valence electrons. The first-order valence-electron chi connectivity index (χ1n) is 5.46. The van der Waals surface area contributed by atoms with Gasteiger partial charge in [-0.15, -0.1) is 0 Å². The second-order valence-corrected chi connectivity index (χ2v) is 3.93. The fourth-order valence-corrected chi connectivity index (χ4v) is 1.45. The van der Waals surface area contributed by atoms with Gasteiger partial charge in [-0.05, 0) is 0 Å². The van der Waals surface area contributed by atoms with Crippen LogP contribution in [0.5, 0.6) is 0 Å². The Labute approximate surface area is 129 Å². The molecule has 1 N–H and O–H groups in total. The molecule has 0 aromatic rings. The Morgan fingerprint density at radius 3 is 1.24 bits per heavy atom. The molecule has 11 heteroatoms. The van der Waals surface area contributed by atoms with Crippen LogP contribution in [0.3, 0.4) is 0 Å². The monoisotopic (exact) mass is 347 g/mol. The van der Waals surface area contributed by atoms with Crippen LogP contribution >= 0.6 is 0 Å². The van der Waals surface area contributed by atoms with Crippen molar-refractivity contribution in [3.63, 3.8) is 0 Å². The van der Waals surface area contributed by atoms with Crippen molar-refractivity contribution in [3.05, 3.63) is 0 Å². The number of hydrogen-bond donors (Lipinski definition) is 1. The summed E-state index contributed by atoms with van der Waals surface area (Å²) in [6.45, 7) is -3.00. The number of nitrogens with zero attached hydrogens (tertiary/aromatic N) is 2. The molecule has 0 fully saturated rings. The van der Waals surface area contributed by atoms with Gasteiger partial charge in [-0.3, -0.25) is 14.6 Å². The van der Waals surface area contributed by atoms with E-state index in [0.717, 1.165) is 9.80 Å². The normalized spacial score (nSPS) is 10.2. The molecule has 0 amide bonds. The molecule has 10 nitrogen and oxygen atoms in total. The van der Waals surface area contributed by atoms with E-state index in [-0.39, 0.29) is 29.6 Å². The van der Waals surface area contributed by atoms with E-state index >= 15 is 0 Å². The minimum absolute atomic E-state index is 0. The zero-order valence-corrected chi connectivity index (χ0v) is 11.7. The SMILES string of the molecule is O=C([O-])CN(CCN(CC(=O)[O-])CC(=O)O)CC(=O)[O-].[Ni+3]. The van der Waals surface area contributed by atoms with Crippen LogP contribution in [-0.2, 0) is 35.7 Å². The Bertz CT molecular complexity index is 321. The second-order valence-electron chi connectivity index (χ2n) is 3.93. The molecular formula is C10H13N2NiO8. The maximum absolute atomic E-state index is 10.5. The number of aliphatic carboxylic acids is 4. The van der Waals surface area contributed by atoms with Crippen LogP contribution in [-0.4, -0.2) is 78.1 Å². The van der Waals surface area contributed by atoms with Crippen LogP contribution in [0, 0.1) is 0 Å². The van der Waals surface area contributed by atoms with E-state index in [4.69, 9.17) is 5.11 Å². The molecule has 0 spiro atoms. The van der Waals surface area contributed by atoms with Crippen molar-refractivity contribution in [3.8, 4) is 0 Å². The van der Waals surface area contributed by atoms with Crippen molar-refractivity contribution in [2.75, 3.05) is 39.3 Å². The summed E-state index contributed by atoms with van der Waals surface area (Å²) >= 11 is 0. The Hall–Kier alpha value is -1.71. The number of carboxylic acid groups (broad SMARTS) is 4. The van der Waals surface area contributed by atoms with Crippen molar-refractivity contribution in [2.45, 2.75) is 0 Å². The van der Waals surface area contributed by atoms with E-state index < -0.39 is 50.1 Å². The van der Waals surface area contributed by atoms with Crippen molar-refractivity contribution in [1.29, 1.82) is 0 Å². The van der Waals surface area contributed by atoms with E-state index in [1.807, 2.05) is 0 Å². The van der Waals surface area contributed by atoms with E-state index in [9.17, 15) is 34.5 Å². The third kappa shape index (κ3) is 13.0. The zero-order chi connectivity index (χ0) is 15.7. The van der Waals surface area contributed by atoms with Gasteiger partial charge in [0.1, 0.15) is 0 Å². The first-order valence-corrected chi connectivity index (χ1v) is 5.46. The summed E-state index contributed by atoms with van der Waals surface area (Å²) in [5.74, 6) is -5.82. The number of hydrogen-bond acceptors (Lipinski definition) is 9. The van der Waals surface area contributed by atoms with Gasteiger partial charge in [-0.1, -0.05) is 0 Å². The van der Waals surface area contributed by atoms with Gasteiger partial charge in [-0.2, -0.15) is 0 Å². The largest absolute Gasteiger partial charge is 3.00 e. The summed E-state index contributed by atoms with van der Waals surface area (Å²) in [7, 11) is 0. The average molecular weight is 348 g/mol. The average Bonchev–Trinajstić information content (AvgIpc) is 2.22. The van der Waals surface area contributed by atoms with Crippen LogP contribution in [0.15, 0.2) is 0 Å². The smallest absolute Gasteiger partial charge is 0.549 e. The molecule has 0 bridgehead atoms. The minimum atomic E-state index is -1.52. The molecule has 0 saturated carbocycles. The van der Waals surface area contributed by atoms with Crippen LogP contribution in [0.25, 0.3) is 0 Å². The third-order valence-electron chi connectivity index (χ3n) is 2.15. The van der Waals surface area contributed by atoms with Crippen molar-refractivity contribution < 1.29 is 56.1 Å². The van der Waals surface area contributed by atoms with Gasteiger partial charge >= 0.3 is 22.5 Å². The molecule has 0 saturated heterocycles. The van der Waals surface area contributed by atoms with Crippen LogP contribution in [0.1, 0.15) is 0 Å². The summed E-state index contributed by atoms with van der Waals surface area (Å²) in [4.78, 5) is 43.7. The molecule has 0 aliphatic rings. The van der Waals surface area contributed by atoms with Gasteiger partial charge in [0, 0.05) is 32.7 Å². The van der Waals surface area contributed by atoms with Gasteiger partial charge in [0.05, 0.1) is 24.5 Å². The Morgan fingerprint density at radius 2 is 1.00 bits per heavy atom. The second kappa shape index (κ2) is 11.0. The number of carboxylic acids is 4. The molecule has 0 unspecified atom stereocenters. The van der Waals surface area contributed by atoms with Gasteiger partial charge < -0.3 is 34.8 Å². The molecule has 0 heterocycles. The van der Waals surface area contributed by atoms with Crippen LogP contribution in [0.4, 0.5) is 0 Å². The summed E-state index contributed by atoms with van der Waals surface area (Å²) in [6, 6.07) is 0. The van der Waals surface area contributed by atoms with Crippen molar-refractivity contribution in [1.82, 2.24) is 9.80 Å². The minimum Gasteiger partial charge on any atom is -0.549 e. The number of carbonyl (C=O) groups excluding carboxylic acids is 3. The number of carbonyl (C=O) groups is 4. The molecule has 0 aromatic heterocycles. The van der Waals surface area contributed by atoms with E-state index in [2.05, 4.69) is 0 Å².